The zero-order valence-corrected chi connectivity index (χ0v) is 11.2. The fourth-order valence-corrected chi connectivity index (χ4v) is 3.06. The highest BCUT2D eigenvalue weighted by molar-refractivity contribution is 5.55. The molecule has 0 saturated carbocycles. The Morgan fingerprint density at radius 3 is 3.16 bits per heavy atom. The molecule has 2 N–H and O–H groups in total. The molecule has 2 aliphatic rings. The lowest BCUT2D eigenvalue weighted by Crippen LogP contribution is -2.24. The number of rotatable bonds is 4. The highest BCUT2D eigenvalue weighted by Gasteiger charge is 2.17. The van der Waals surface area contributed by atoms with Crippen LogP contribution in [0.1, 0.15) is 42.5 Å². The molecular weight excluding hydrogens is 236 g/mol. The number of nitriles is 1. The summed E-state index contributed by atoms with van der Waals surface area (Å²) in [5.41, 5.74) is 3.14. The van der Waals surface area contributed by atoms with Gasteiger partial charge in [-0.25, -0.2) is 4.98 Å². The van der Waals surface area contributed by atoms with Crippen LogP contribution in [0.15, 0.2) is 6.07 Å². The fourth-order valence-electron chi connectivity index (χ4n) is 3.06. The molecule has 1 aromatic heterocycles. The number of anilines is 1. The lowest BCUT2D eigenvalue weighted by atomic mass is 10.1. The van der Waals surface area contributed by atoms with Gasteiger partial charge < -0.3 is 10.6 Å². The van der Waals surface area contributed by atoms with E-state index in [0.29, 0.717) is 11.6 Å². The average Bonchev–Trinajstić information content (AvgIpc) is 3.08. The third-order valence-corrected chi connectivity index (χ3v) is 4.12. The SMILES string of the molecule is N#Cc1cc2c(nc1NCC[C@@H]1CCCN1)CCC2. The largest absolute Gasteiger partial charge is 0.369 e. The number of hydrogen-bond donors (Lipinski definition) is 2. The minimum atomic E-state index is 0.632. The summed E-state index contributed by atoms with van der Waals surface area (Å²) in [5.74, 6) is 0.779. The smallest absolute Gasteiger partial charge is 0.144 e. The zero-order valence-electron chi connectivity index (χ0n) is 11.2. The van der Waals surface area contributed by atoms with Crippen LogP contribution in [0.3, 0.4) is 0 Å². The van der Waals surface area contributed by atoms with Crippen molar-refractivity contribution in [1.29, 1.82) is 5.26 Å². The van der Waals surface area contributed by atoms with Crippen LogP contribution in [0.4, 0.5) is 5.82 Å². The van der Waals surface area contributed by atoms with Crippen LogP contribution in [0.25, 0.3) is 0 Å². The van der Waals surface area contributed by atoms with Crippen molar-refractivity contribution in [1.82, 2.24) is 10.3 Å². The van der Waals surface area contributed by atoms with Gasteiger partial charge in [0, 0.05) is 18.3 Å². The number of fused-ring (bicyclic) bond motifs is 1. The molecule has 4 nitrogen and oxygen atoms in total. The van der Waals surface area contributed by atoms with Crippen molar-refractivity contribution in [3.05, 3.63) is 22.9 Å². The van der Waals surface area contributed by atoms with Crippen LogP contribution in [0, 0.1) is 11.3 Å². The number of nitrogens with zero attached hydrogens (tertiary/aromatic N) is 2. The Labute approximate surface area is 114 Å². The van der Waals surface area contributed by atoms with Gasteiger partial charge in [-0.2, -0.15) is 5.26 Å². The molecule has 2 heterocycles. The van der Waals surface area contributed by atoms with E-state index in [0.717, 1.165) is 38.2 Å². The van der Waals surface area contributed by atoms with Crippen LogP contribution >= 0.6 is 0 Å². The van der Waals surface area contributed by atoms with Crippen molar-refractivity contribution >= 4 is 5.82 Å². The van der Waals surface area contributed by atoms with Crippen LogP contribution in [-0.2, 0) is 12.8 Å². The average molecular weight is 256 g/mol. The molecule has 100 valence electrons. The second-order valence-electron chi connectivity index (χ2n) is 5.46. The van der Waals surface area contributed by atoms with Crippen molar-refractivity contribution in [3.8, 4) is 6.07 Å². The van der Waals surface area contributed by atoms with Gasteiger partial charge in [0.15, 0.2) is 0 Å². The first kappa shape index (κ1) is 12.4. The van der Waals surface area contributed by atoms with Crippen LogP contribution < -0.4 is 10.6 Å². The predicted octanol–water partition coefficient (Wildman–Crippen LogP) is 2.00. The van der Waals surface area contributed by atoms with Crippen molar-refractivity contribution in [3.63, 3.8) is 0 Å². The minimum absolute atomic E-state index is 0.632. The van der Waals surface area contributed by atoms with Gasteiger partial charge >= 0.3 is 0 Å². The third kappa shape index (κ3) is 2.71. The summed E-state index contributed by atoms with van der Waals surface area (Å²) < 4.78 is 0. The summed E-state index contributed by atoms with van der Waals surface area (Å²) in [6, 6.07) is 4.91. The van der Waals surface area contributed by atoms with E-state index in [9.17, 15) is 5.26 Å². The summed E-state index contributed by atoms with van der Waals surface area (Å²) in [6.45, 7) is 2.03. The zero-order chi connectivity index (χ0) is 13.1. The quantitative estimate of drug-likeness (QED) is 0.865. The lowest BCUT2D eigenvalue weighted by molar-refractivity contribution is 0.574. The molecular formula is C15H20N4. The first-order valence-corrected chi connectivity index (χ1v) is 7.27. The monoisotopic (exact) mass is 256 g/mol. The molecule has 1 aliphatic heterocycles. The maximum atomic E-state index is 9.22. The van der Waals surface area contributed by atoms with E-state index in [4.69, 9.17) is 0 Å². The van der Waals surface area contributed by atoms with Crippen molar-refractivity contribution < 1.29 is 0 Å². The van der Waals surface area contributed by atoms with E-state index in [1.54, 1.807) is 0 Å². The molecule has 1 aliphatic carbocycles. The van der Waals surface area contributed by atoms with Crippen molar-refractivity contribution in [2.45, 2.75) is 44.6 Å². The molecule has 1 saturated heterocycles. The number of aryl methyl sites for hydroxylation is 2. The van der Waals surface area contributed by atoms with Gasteiger partial charge in [-0.05, 0) is 56.7 Å². The summed E-state index contributed by atoms with van der Waals surface area (Å²) >= 11 is 0. The first-order chi connectivity index (χ1) is 9.36. The van der Waals surface area contributed by atoms with E-state index in [1.807, 2.05) is 6.07 Å². The number of aromatic nitrogens is 1. The van der Waals surface area contributed by atoms with Gasteiger partial charge in [0.2, 0.25) is 0 Å². The molecule has 0 aromatic carbocycles. The molecule has 0 unspecified atom stereocenters. The standard InChI is InChI=1S/C15H20N4/c16-10-12-9-11-3-1-5-14(11)19-15(12)18-8-6-13-4-2-7-17-13/h9,13,17H,1-8H2,(H,18,19)/t13-/m0/s1. The Hall–Kier alpha value is -1.60. The Kier molecular flexibility index (Phi) is 3.65. The molecule has 4 heteroatoms. The Morgan fingerprint density at radius 2 is 2.37 bits per heavy atom. The third-order valence-electron chi connectivity index (χ3n) is 4.12. The van der Waals surface area contributed by atoms with Crippen molar-refractivity contribution in [2.75, 3.05) is 18.4 Å². The molecule has 1 fully saturated rings. The molecule has 0 bridgehead atoms. The second-order valence-corrected chi connectivity index (χ2v) is 5.46. The topological polar surface area (TPSA) is 60.7 Å². The van der Waals surface area contributed by atoms with E-state index >= 15 is 0 Å². The molecule has 0 spiro atoms. The predicted molar refractivity (Wildman–Crippen MR) is 75.1 cm³/mol. The highest BCUT2D eigenvalue weighted by atomic mass is 15.0. The van der Waals surface area contributed by atoms with Crippen molar-refractivity contribution in [2.24, 2.45) is 0 Å². The summed E-state index contributed by atoms with van der Waals surface area (Å²) in [5, 5.41) is 16.1. The molecule has 3 rings (SSSR count). The minimum Gasteiger partial charge on any atom is -0.369 e. The Bertz CT molecular complexity index is 498. The molecule has 1 aromatic rings. The van der Waals surface area contributed by atoms with Crippen LogP contribution in [-0.4, -0.2) is 24.1 Å². The van der Waals surface area contributed by atoms with E-state index in [1.165, 1.54) is 30.5 Å². The maximum Gasteiger partial charge on any atom is 0.144 e. The van der Waals surface area contributed by atoms with E-state index in [2.05, 4.69) is 21.7 Å². The van der Waals surface area contributed by atoms with Gasteiger partial charge in [-0.15, -0.1) is 0 Å². The van der Waals surface area contributed by atoms with Crippen LogP contribution in [0.5, 0.6) is 0 Å². The second kappa shape index (κ2) is 5.58. The molecule has 1 atom stereocenters. The van der Waals surface area contributed by atoms with E-state index in [-0.39, 0.29) is 0 Å². The lowest BCUT2D eigenvalue weighted by Gasteiger charge is -2.13. The number of hydrogen-bond acceptors (Lipinski definition) is 4. The van der Waals surface area contributed by atoms with Gasteiger partial charge in [0.05, 0.1) is 5.56 Å². The summed E-state index contributed by atoms with van der Waals surface area (Å²) in [7, 11) is 0. The summed E-state index contributed by atoms with van der Waals surface area (Å²) in [4.78, 5) is 4.63. The highest BCUT2D eigenvalue weighted by Crippen LogP contribution is 2.25. The number of pyridine rings is 1. The fraction of sp³-hybridized carbons (Fsp3) is 0.600. The van der Waals surface area contributed by atoms with Crippen LogP contribution in [0.2, 0.25) is 0 Å². The molecule has 19 heavy (non-hydrogen) atoms. The normalized spacial score (nSPS) is 21.1. The maximum absolute atomic E-state index is 9.22. The van der Waals surface area contributed by atoms with Gasteiger partial charge in [-0.1, -0.05) is 0 Å². The number of nitrogens with one attached hydrogen (secondary N) is 2. The van der Waals surface area contributed by atoms with Gasteiger partial charge in [0.1, 0.15) is 11.9 Å². The first-order valence-electron chi connectivity index (χ1n) is 7.27. The van der Waals surface area contributed by atoms with Gasteiger partial charge in [-0.3, -0.25) is 0 Å². The van der Waals surface area contributed by atoms with E-state index < -0.39 is 0 Å². The Morgan fingerprint density at radius 1 is 1.42 bits per heavy atom. The Balaban J connectivity index is 1.64. The summed E-state index contributed by atoms with van der Waals surface area (Å²) in [6.07, 6.45) is 6.95. The molecule has 0 radical (unpaired) electrons. The van der Waals surface area contributed by atoms with Gasteiger partial charge in [0.25, 0.3) is 0 Å². The molecule has 0 amide bonds.